The first kappa shape index (κ1) is 14.0. The Labute approximate surface area is 109 Å². The summed E-state index contributed by atoms with van der Waals surface area (Å²) < 4.78 is 25.9. The van der Waals surface area contributed by atoms with Crippen LogP contribution in [0.15, 0.2) is 11.3 Å². The molecule has 1 heterocycles. The van der Waals surface area contributed by atoms with Crippen molar-refractivity contribution >= 4 is 7.12 Å². The van der Waals surface area contributed by atoms with Crippen LogP contribution < -0.4 is 5.73 Å². The summed E-state index contributed by atoms with van der Waals surface area (Å²) in [4.78, 5) is 0. The summed E-state index contributed by atoms with van der Waals surface area (Å²) in [6.07, 6.45) is 3.21. The molecule has 0 aromatic heterocycles. The van der Waals surface area contributed by atoms with Crippen molar-refractivity contribution < 1.29 is 13.7 Å². The maximum Gasteiger partial charge on any atom is 0.525 e. The molecular formula is C13H23BFNO2. The number of hydrogen-bond acceptors (Lipinski definition) is 3. The minimum atomic E-state index is -0.894. The van der Waals surface area contributed by atoms with Gasteiger partial charge in [-0.05, 0) is 52.0 Å². The van der Waals surface area contributed by atoms with E-state index in [2.05, 4.69) is 0 Å². The topological polar surface area (TPSA) is 44.5 Å². The Kier molecular flexibility index (Phi) is 3.60. The van der Waals surface area contributed by atoms with Crippen LogP contribution in [0.2, 0.25) is 0 Å². The summed E-state index contributed by atoms with van der Waals surface area (Å²) >= 11 is 0. The highest BCUT2D eigenvalue weighted by Crippen LogP contribution is 2.41. The lowest BCUT2D eigenvalue weighted by Crippen LogP contribution is -2.41. The van der Waals surface area contributed by atoms with E-state index in [0.717, 1.165) is 19.3 Å². The van der Waals surface area contributed by atoms with E-state index in [1.807, 2.05) is 27.7 Å². The zero-order valence-electron chi connectivity index (χ0n) is 11.8. The van der Waals surface area contributed by atoms with E-state index in [9.17, 15) is 4.39 Å². The largest absolute Gasteiger partial charge is 0.525 e. The summed E-state index contributed by atoms with van der Waals surface area (Å²) in [6.45, 7) is 7.94. The summed E-state index contributed by atoms with van der Waals surface area (Å²) in [5, 5.41) is 0. The van der Waals surface area contributed by atoms with Gasteiger partial charge in [-0.15, -0.1) is 0 Å². The van der Waals surface area contributed by atoms with Crippen LogP contribution in [0, 0.1) is 5.92 Å². The smallest absolute Gasteiger partial charge is 0.398 e. The number of rotatable bonds is 3. The van der Waals surface area contributed by atoms with Crippen LogP contribution in [-0.2, 0) is 9.31 Å². The molecule has 0 bridgehead atoms. The first-order valence-electron chi connectivity index (χ1n) is 6.72. The van der Waals surface area contributed by atoms with Crippen molar-refractivity contribution in [1.82, 2.24) is 0 Å². The number of nitrogens with two attached hydrogens (primary N) is 1. The van der Waals surface area contributed by atoms with Gasteiger partial charge in [0, 0.05) is 6.54 Å². The predicted octanol–water partition coefficient (Wildman–Crippen LogP) is 2.60. The lowest BCUT2D eigenvalue weighted by atomic mass is 9.73. The first-order valence-corrected chi connectivity index (χ1v) is 6.72. The molecule has 2 rings (SSSR count). The Morgan fingerprint density at radius 3 is 2.06 bits per heavy atom. The van der Waals surface area contributed by atoms with Crippen molar-refractivity contribution in [2.24, 2.45) is 11.7 Å². The highest BCUT2D eigenvalue weighted by atomic mass is 19.1. The molecule has 1 aliphatic heterocycles. The van der Waals surface area contributed by atoms with Crippen LogP contribution in [0.1, 0.15) is 47.0 Å². The van der Waals surface area contributed by atoms with Gasteiger partial charge >= 0.3 is 7.12 Å². The molecule has 2 N–H and O–H groups in total. The Morgan fingerprint density at radius 1 is 1.22 bits per heavy atom. The van der Waals surface area contributed by atoms with Gasteiger partial charge in [0.05, 0.1) is 11.2 Å². The summed E-state index contributed by atoms with van der Waals surface area (Å²) in [7, 11) is -0.894. The van der Waals surface area contributed by atoms with E-state index >= 15 is 0 Å². The molecule has 1 aliphatic carbocycles. The van der Waals surface area contributed by atoms with Crippen molar-refractivity contribution in [3.05, 3.63) is 11.3 Å². The first-order chi connectivity index (χ1) is 8.28. The lowest BCUT2D eigenvalue weighted by molar-refractivity contribution is 0.00578. The van der Waals surface area contributed by atoms with Crippen LogP contribution in [0.3, 0.4) is 0 Å². The lowest BCUT2D eigenvalue weighted by Gasteiger charge is -2.32. The minimum absolute atomic E-state index is 0.251. The number of halogens is 1. The quantitative estimate of drug-likeness (QED) is 0.788. The Bertz CT molecular complexity index is 348. The van der Waals surface area contributed by atoms with Gasteiger partial charge in [0.2, 0.25) is 0 Å². The van der Waals surface area contributed by atoms with Gasteiger partial charge < -0.3 is 15.0 Å². The highest BCUT2D eigenvalue weighted by molar-refractivity contribution is 6.53. The van der Waals surface area contributed by atoms with Crippen LogP contribution in [0.5, 0.6) is 0 Å². The van der Waals surface area contributed by atoms with Gasteiger partial charge in [0.1, 0.15) is 5.73 Å². The molecule has 102 valence electrons. The molecule has 1 saturated carbocycles. The molecule has 0 radical (unpaired) electrons. The maximum atomic E-state index is 14.5. The third-order valence-corrected chi connectivity index (χ3v) is 4.58. The molecule has 0 unspecified atom stereocenters. The molecule has 0 atom stereocenters. The fourth-order valence-electron chi connectivity index (χ4n) is 2.31. The second kappa shape index (κ2) is 4.62. The van der Waals surface area contributed by atoms with Crippen molar-refractivity contribution in [2.45, 2.75) is 58.2 Å². The second-order valence-corrected chi connectivity index (χ2v) is 6.29. The molecule has 1 saturated heterocycles. The third-order valence-electron chi connectivity index (χ3n) is 4.58. The molecular weight excluding hydrogens is 232 g/mol. The van der Waals surface area contributed by atoms with Gasteiger partial charge in [0.15, 0.2) is 0 Å². The highest BCUT2D eigenvalue weighted by Gasteiger charge is 2.53. The van der Waals surface area contributed by atoms with Gasteiger partial charge in [-0.25, -0.2) is 4.39 Å². The summed E-state index contributed by atoms with van der Waals surface area (Å²) in [5.74, 6) is 0.286. The maximum absolute atomic E-state index is 14.5. The second-order valence-electron chi connectivity index (χ2n) is 6.29. The fraction of sp³-hybridized carbons (Fsp3) is 0.846. The molecule has 2 aliphatic rings. The zero-order valence-corrected chi connectivity index (χ0v) is 11.8. The van der Waals surface area contributed by atoms with E-state index in [0.29, 0.717) is 5.57 Å². The van der Waals surface area contributed by atoms with E-state index in [-0.39, 0.29) is 18.2 Å². The zero-order chi connectivity index (χ0) is 13.6. The van der Waals surface area contributed by atoms with Gasteiger partial charge in [0.25, 0.3) is 0 Å². The van der Waals surface area contributed by atoms with Crippen molar-refractivity contribution in [3.8, 4) is 0 Å². The van der Waals surface area contributed by atoms with Gasteiger partial charge in [-0.1, -0.05) is 6.42 Å². The molecule has 0 aromatic rings. The third kappa shape index (κ3) is 2.24. The van der Waals surface area contributed by atoms with E-state index in [4.69, 9.17) is 15.0 Å². The van der Waals surface area contributed by atoms with Crippen LogP contribution in [-0.4, -0.2) is 24.9 Å². The Morgan fingerprint density at radius 2 is 1.72 bits per heavy atom. The Balaban J connectivity index is 2.19. The molecule has 3 nitrogen and oxygen atoms in total. The fourth-order valence-corrected chi connectivity index (χ4v) is 2.31. The van der Waals surface area contributed by atoms with E-state index in [1.165, 1.54) is 0 Å². The predicted molar refractivity (Wildman–Crippen MR) is 70.6 cm³/mol. The normalized spacial score (nSPS) is 28.0. The number of hydrogen-bond donors (Lipinski definition) is 1. The molecule has 2 fully saturated rings. The average molecular weight is 255 g/mol. The van der Waals surface area contributed by atoms with Crippen molar-refractivity contribution in [3.63, 3.8) is 0 Å². The summed E-state index contributed by atoms with van der Waals surface area (Å²) in [5.41, 5.74) is 5.04. The minimum Gasteiger partial charge on any atom is -0.398 e. The van der Waals surface area contributed by atoms with Crippen LogP contribution >= 0.6 is 0 Å². The van der Waals surface area contributed by atoms with E-state index in [1.54, 1.807) is 0 Å². The SMILES string of the molecule is CC1(C)OB(C(F)=C(CN)C2CCC2)OC1(C)C. The molecule has 0 aromatic carbocycles. The van der Waals surface area contributed by atoms with Crippen LogP contribution in [0.25, 0.3) is 0 Å². The standard InChI is InChI=1S/C13H23BFNO2/c1-12(2)13(3,4)18-14(17-12)11(15)10(8-16)9-6-5-7-9/h9H,5-8,16H2,1-4H3. The van der Waals surface area contributed by atoms with Crippen LogP contribution in [0.4, 0.5) is 4.39 Å². The Hall–Kier alpha value is -0.385. The van der Waals surface area contributed by atoms with Gasteiger partial charge in [-0.3, -0.25) is 0 Å². The molecule has 5 heteroatoms. The van der Waals surface area contributed by atoms with E-state index < -0.39 is 18.3 Å². The molecule has 18 heavy (non-hydrogen) atoms. The average Bonchev–Trinajstić information content (AvgIpc) is 2.41. The van der Waals surface area contributed by atoms with Crippen molar-refractivity contribution in [1.29, 1.82) is 0 Å². The molecule has 0 amide bonds. The summed E-state index contributed by atoms with van der Waals surface area (Å²) in [6, 6.07) is 0. The van der Waals surface area contributed by atoms with Crippen molar-refractivity contribution in [2.75, 3.05) is 6.54 Å². The monoisotopic (exact) mass is 255 g/mol. The van der Waals surface area contributed by atoms with Gasteiger partial charge in [-0.2, -0.15) is 0 Å². The molecule has 0 spiro atoms.